The van der Waals surface area contributed by atoms with Crippen LogP contribution in [0, 0.1) is 6.92 Å². The second-order valence-corrected chi connectivity index (χ2v) is 7.78. The molecule has 158 valence electrons. The largest absolute Gasteiger partial charge is 0.494 e. The Bertz CT molecular complexity index is 1200. The monoisotopic (exact) mass is 480 g/mol. The third kappa shape index (κ3) is 5.03. The van der Waals surface area contributed by atoms with Crippen molar-refractivity contribution in [1.29, 1.82) is 0 Å². The molecule has 4 rings (SSSR count). The third-order valence-corrected chi connectivity index (χ3v) is 5.09. The predicted octanol–water partition coefficient (Wildman–Crippen LogP) is 4.91. The fourth-order valence-corrected chi connectivity index (χ4v) is 3.29. The number of amides is 1. The Hall–Kier alpha value is -3.39. The number of aryl methyl sites for hydroxylation is 1. The molecule has 1 aromatic heterocycles. The van der Waals surface area contributed by atoms with Crippen LogP contribution >= 0.6 is 15.9 Å². The second kappa shape index (κ2) is 9.18. The van der Waals surface area contributed by atoms with Gasteiger partial charge in [-0.15, -0.1) is 10.2 Å². The van der Waals surface area contributed by atoms with Gasteiger partial charge in [-0.1, -0.05) is 15.9 Å². The summed E-state index contributed by atoms with van der Waals surface area (Å²) in [5, 5.41) is 12.0. The zero-order chi connectivity index (χ0) is 21.8. The van der Waals surface area contributed by atoms with E-state index in [4.69, 9.17) is 9.47 Å². The smallest absolute Gasteiger partial charge is 0.262 e. The minimum atomic E-state index is -0.246. The van der Waals surface area contributed by atoms with Crippen molar-refractivity contribution < 1.29 is 14.3 Å². The van der Waals surface area contributed by atoms with Crippen molar-refractivity contribution >= 4 is 38.6 Å². The van der Waals surface area contributed by atoms with E-state index in [-0.39, 0.29) is 12.5 Å². The number of fused-ring (bicyclic) bond motifs is 1. The van der Waals surface area contributed by atoms with E-state index >= 15 is 0 Å². The Labute approximate surface area is 188 Å². The first-order valence-electron chi connectivity index (χ1n) is 9.81. The van der Waals surface area contributed by atoms with Crippen LogP contribution in [0.4, 0.5) is 5.69 Å². The molecule has 0 radical (unpaired) electrons. The van der Waals surface area contributed by atoms with Gasteiger partial charge in [0.25, 0.3) is 5.91 Å². The van der Waals surface area contributed by atoms with Gasteiger partial charge in [-0.05, 0) is 80.1 Å². The molecule has 0 aliphatic rings. The van der Waals surface area contributed by atoms with Gasteiger partial charge in [0, 0.05) is 10.2 Å². The van der Waals surface area contributed by atoms with Gasteiger partial charge in [0.05, 0.1) is 12.3 Å². The van der Waals surface area contributed by atoms with Crippen LogP contribution in [0.15, 0.2) is 65.1 Å². The Morgan fingerprint density at radius 1 is 0.968 bits per heavy atom. The van der Waals surface area contributed by atoms with Crippen molar-refractivity contribution in [1.82, 2.24) is 15.0 Å². The summed E-state index contributed by atoms with van der Waals surface area (Å²) >= 11 is 3.37. The first-order valence-corrected chi connectivity index (χ1v) is 10.6. The normalized spacial score (nSPS) is 10.8. The SMILES string of the molecule is CCOc1ccc(-n2nc3cc(C)c(NC(=O)COc4ccc(Br)cc4)cc3n2)cc1. The molecule has 0 unspecified atom stereocenters. The number of nitrogens with one attached hydrogen (secondary N) is 1. The summed E-state index contributed by atoms with van der Waals surface area (Å²) in [6, 6.07) is 18.6. The van der Waals surface area contributed by atoms with E-state index < -0.39 is 0 Å². The molecule has 0 aliphatic carbocycles. The Morgan fingerprint density at radius 3 is 2.26 bits per heavy atom. The number of aromatic nitrogens is 3. The molecule has 0 saturated carbocycles. The van der Waals surface area contributed by atoms with Crippen molar-refractivity contribution in [2.45, 2.75) is 13.8 Å². The van der Waals surface area contributed by atoms with Crippen LogP contribution in [-0.4, -0.2) is 34.1 Å². The quantitative estimate of drug-likeness (QED) is 0.406. The lowest BCUT2D eigenvalue weighted by atomic mass is 10.1. The number of ether oxygens (including phenoxy) is 2. The molecular formula is C23H21BrN4O3. The minimum Gasteiger partial charge on any atom is -0.494 e. The molecule has 1 amide bonds. The molecule has 1 N–H and O–H groups in total. The van der Waals surface area contributed by atoms with Gasteiger partial charge in [-0.25, -0.2) is 0 Å². The lowest BCUT2D eigenvalue weighted by Crippen LogP contribution is -2.20. The summed E-state index contributed by atoms with van der Waals surface area (Å²) in [4.78, 5) is 13.9. The molecule has 0 spiro atoms. The first-order chi connectivity index (χ1) is 15.0. The predicted molar refractivity (Wildman–Crippen MR) is 123 cm³/mol. The summed E-state index contributed by atoms with van der Waals surface area (Å²) in [5.41, 5.74) is 3.82. The van der Waals surface area contributed by atoms with E-state index in [1.54, 1.807) is 16.9 Å². The average Bonchev–Trinajstić information content (AvgIpc) is 3.17. The highest BCUT2D eigenvalue weighted by Crippen LogP contribution is 2.23. The Balaban J connectivity index is 1.47. The van der Waals surface area contributed by atoms with Crippen LogP contribution in [0.2, 0.25) is 0 Å². The Kier molecular flexibility index (Phi) is 6.18. The lowest BCUT2D eigenvalue weighted by Gasteiger charge is -2.09. The van der Waals surface area contributed by atoms with Crippen molar-refractivity contribution in [3.63, 3.8) is 0 Å². The number of nitrogens with zero attached hydrogens (tertiary/aromatic N) is 3. The number of anilines is 1. The van der Waals surface area contributed by atoms with Crippen LogP contribution in [0.5, 0.6) is 11.5 Å². The number of hydrogen-bond donors (Lipinski definition) is 1. The molecule has 0 atom stereocenters. The van der Waals surface area contributed by atoms with Gasteiger partial charge in [0.1, 0.15) is 22.5 Å². The van der Waals surface area contributed by atoms with Gasteiger partial charge < -0.3 is 14.8 Å². The molecule has 0 aliphatic heterocycles. The van der Waals surface area contributed by atoms with Gasteiger partial charge in [0.2, 0.25) is 0 Å². The van der Waals surface area contributed by atoms with Crippen molar-refractivity contribution in [3.8, 4) is 17.2 Å². The van der Waals surface area contributed by atoms with Crippen molar-refractivity contribution in [2.24, 2.45) is 0 Å². The topological polar surface area (TPSA) is 78.3 Å². The number of rotatable bonds is 7. The molecule has 0 bridgehead atoms. The van der Waals surface area contributed by atoms with E-state index in [1.165, 1.54) is 0 Å². The zero-order valence-corrected chi connectivity index (χ0v) is 18.7. The van der Waals surface area contributed by atoms with Crippen LogP contribution in [0.1, 0.15) is 12.5 Å². The molecule has 4 aromatic rings. The fourth-order valence-electron chi connectivity index (χ4n) is 3.03. The number of carbonyl (C=O) groups excluding carboxylic acids is 1. The van der Waals surface area contributed by atoms with Crippen LogP contribution in [0.25, 0.3) is 16.7 Å². The fraction of sp³-hybridized carbons (Fsp3) is 0.174. The first kappa shape index (κ1) is 20.9. The highest BCUT2D eigenvalue weighted by Gasteiger charge is 2.11. The molecule has 7 nitrogen and oxygen atoms in total. The van der Waals surface area contributed by atoms with Crippen LogP contribution in [-0.2, 0) is 4.79 Å². The Morgan fingerprint density at radius 2 is 1.58 bits per heavy atom. The van der Waals surface area contributed by atoms with Gasteiger partial charge >= 0.3 is 0 Å². The maximum atomic E-state index is 12.4. The van der Waals surface area contributed by atoms with Gasteiger partial charge in [-0.3, -0.25) is 4.79 Å². The maximum Gasteiger partial charge on any atom is 0.262 e. The van der Waals surface area contributed by atoms with E-state index in [1.807, 2.05) is 62.4 Å². The second-order valence-electron chi connectivity index (χ2n) is 6.86. The summed E-state index contributed by atoms with van der Waals surface area (Å²) in [5.74, 6) is 1.18. The van der Waals surface area contributed by atoms with Crippen molar-refractivity contribution in [3.05, 3.63) is 70.7 Å². The molecule has 8 heteroatoms. The summed E-state index contributed by atoms with van der Waals surface area (Å²) in [6.07, 6.45) is 0. The summed E-state index contributed by atoms with van der Waals surface area (Å²) < 4.78 is 12.0. The van der Waals surface area contributed by atoms with E-state index in [9.17, 15) is 4.79 Å². The zero-order valence-electron chi connectivity index (χ0n) is 17.1. The number of benzene rings is 3. The molecule has 1 heterocycles. The van der Waals surface area contributed by atoms with Crippen molar-refractivity contribution in [2.75, 3.05) is 18.5 Å². The summed E-state index contributed by atoms with van der Waals surface area (Å²) in [7, 11) is 0. The number of carbonyl (C=O) groups is 1. The summed E-state index contributed by atoms with van der Waals surface area (Å²) in [6.45, 7) is 4.39. The molecule has 0 saturated heterocycles. The average molecular weight is 481 g/mol. The molecule has 3 aromatic carbocycles. The number of halogens is 1. The molecule has 31 heavy (non-hydrogen) atoms. The highest BCUT2D eigenvalue weighted by molar-refractivity contribution is 9.10. The van der Waals surface area contributed by atoms with Gasteiger partial charge in [-0.2, -0.15) is 4.80 Å². The molecule has 0 fully saturated rings. The van der Waals surface area contributed by atoms with Crippen LogP contribution < -0.4 is 14.8 Å². The maximum absolute atomic E-state index is 12.4. The third-order valence-electron chi connectivity index (χ3n) is 4.56. The van der Waals surface area contributed by atoms with E-state index in [2.05, 4.69) is 31.4 Å². The highest BCUT2D eigenvalue weighted by atomic mass is 79.9. The molecular weight excluding hydrogens is 460 g/mol. The standard InChI is InChI=1S/C23H21BrN4O3/c1-3-30-18-10-6-17(7-11-18)28-26-21-12-15(2)20(13-22(21)27-28)25-23(29)14-31-19-8-4-16(24)5-9-19/h4-13H,3,14H2,1-2H3,(H,25,29). The van der Waals surface area contributed by atoms with E-state index in [0.29, 0.717) is 23.6 Å². The number of hydrogen-bond acceptors (Lipinski definition) is 5. The van der Waals surface area contributed by atoms with Gasteiger partial charge in [0.15, 0.2) is 6.61 Å². The van der Waals surface area contributed by atoms with E-state index in [0.717, 1.165) is 27.0 Å². The van der Waals surface area contributed by atoms with Crippen LogP contribution in [0.3, 0.4) is 0 Å². The minimum absolute atomic E-state index is 0.0853. The lowest BCUT2D eigenvalue weighted by molar-refractivity contribution is -0.118.